The van der Waals surface area contributed by atoms with E-state index < -0.39 is 0 Å². The van der Waals surface area contributed by atoms with Crippen LogP contribution >= 0.6 is 0 Å². The normalized spacial score (nSPS) is 17.0. The summed E-state index contributed by atoms with van der Waals surface area (Å²) in [6.07, 6.45) is 3.51. The van der Waals surface area contributed by atoms with Crippen LogP contribution in [-0.4, -0.2) is 27.2 Å². The summed E-state index contributed by atoms with van der Waals surface area (Å²) in [5.74, 6) is 2.20. The standard InChI is InChI=1S/C13H23N5O/c1-3-10(8-14)7-12(19)15-9(2)13-17-16-11-5-4-6-18(11)13/h9-10H,3-8,14H2,1-2H3,(H,15,19). The molecule has 0 aliphatic carbocycles. The number of rotatable bonds is 6. The highest BCUT2D eigenvalue weighted by Gasteiger charge is 2.22. The summed E-state index contributed by atoms with van der Waals surface area (Å²) in [6, 6.07) is -0.0952. The maximum Gasteiger partial charge on any atom is 0.220 e. The Kier molecular flexibility index (Phi) is 4.52. The molecular formula is C13H23N5O. The van der Waals surface area contributed by atoms with Crippen LogP contribution in [0.25, 0.3) is 0 Å². The highest BCUT2D eigenvalue weighted by Crippen LogP contribution is 2.19. The van der Waals surface area contributed by atoms with Gasteiger partial charge in [0, 0.05) is 19.4 Å². The van der Waals surface area contributed by atoms with Crippen LogP contribution < -0.4 is 11.1 Å². The second-order valence-corrected chi connectivity index (χ2v) is 5.23. The zero-order chi connectivity index (χ0) is 13.8. The molecule has 3 N–H and O–H groups in total. The van der Waals surface area contributed by atoms with Crippen molar-refractivity contribution in [2.24, 2.45) is 11.7 Å². The van der Waals surface area contributed by atoms with Crippen molar-refractivity contribution in [2.75, 3.05) is 6.54 Å². The fourth-order valence-electron chi connectivity index (χ4n) is 2.51. The minimum absolute atomic E-state index is 0.0418. The quantitative estimate of drug-likeness (QED) is 0.795. The Morgan fingerprint density at radius 3 is 3.00 bits per heavy atom. The molecule has 6 nitrogen and oxygen atoms in total. The Hall–Kier alpha value is -1.43. The number of aromatic nitrogens is 3. The molecule has 1 aliphatic rings. The molecule has 1 amide bonds. The van der Waals surface area contributed by atoms with E-state index >= 15 is 0 Å². The monoisotopic (exact) mass is 265 g/mol. The van der Waals surface area contributed by atoms with Crippen LogP contribution in [0, 0.1) is 5.92 Å². The minimum Gasteiger partial charge on any atom is -0.346 e. The minimum atomic E-state index is -0.0952. The van der Waals surface area contributed by atoms with E-state index in [0.29, 0.717) is 13.0 Å². The highest BCUT2D eigenvalue weighted by atomic mass is 16.1. The number of aryl methyl sites for hydroxylation is 1. The van der Waals surface area contributed by atoms with E-state index in [1.165, 1.54) is 0 Å². The molecule has 0 spiro atoms. The predicted octanol–water partition coefficient (Wildman–Crippen LogP) is 0.776. The third-order valence-electron chi connectivity index (χ3n) is 3.79. The Morgan fingerprint density at radius 1 is 1.53 bits per heavy atom. The van der Waals surface area contributed by atoms with Gasteiger partial charge in [0.05, 0.1) is 6.04 Å². The Labute approximate surface area is 113 Å². The molecule has 0 radical (unpaired) electrons. The molecule has 0 bridgehead atoms. The molecular weight excluding hydrogens is 242 g/mol. The van der Waals surface area contributed by atoms with Gasteiger partial charge in [0.1, 0.15) is 5.82 Å². The van der Waals surface area contributed by atoms with Crippen LogP contribution in [0.2, 0.25) is 0 Å². The predicted molar refractivity (Wildman–Crippen MR) is 72.4 cm³/mol. The third kappa shape index (κ3) is 3.12. The molecule has 0 aromatic carbocycles. The molecule has 2 unspecified atom stereocenters. The Bertz CT molecular complexity index is 438. The van der Waals surface area contributed by atoms with Crippen LogP contribution in [0.3, 0.4) is 0 Å². The van der Waals surface area contributed by atoms with Crippen molar-refractivity contribution in [1.29, 1.82) is 0 Å². The SMILES string of the molecule is CCC(CN)CC(=O)NC(C)c1nnc2n1CCC2. The first-order valence-electron chi connectivity index (χ1n) is 7.07. The zero-order valence-corrected chi connectivity index (χ0v) is 11.7. The Morgan fingerprint density at radius 2 is 2.32 bits per heavy atom. The van der Waals surface area contributed by atoms with Gasteiger partial charge >= 0.3 is 0 Å². The van der Waals surface area contributed by atoms with E-state index in [-0.39, 0.29) is 17.9 Å². The summed E-state index contributed by atoms with van der Waals surface area (Å²) in [4.78, 5) is 12.0. The lowest BCUT2D eigenvalue weighted by Gasteiger charge is -2.16. The van der Waals surface area contributed by atoms with Crippen molar-refractivity contribution in [3.05, 3.63) is 11.6 Å². The maximum absolute atomic E-state index is 12.0. The van der Waals surface area contributed by atoms with Gasteiger partial charge in [-0.1, -0.05) is 13.3 Å². The molecule has 1 aromatic rings. The van der Waals surface area contributed by atoms with Crippen LogP contribution in [-0.2, 0) is 17.8 Å². The zero-order valence-electron chi connectivity index (χ0n) is 11.7. The molecule has 2 heterocycles. The van der Waals surface area contributed by atoms with E-state index in [1.54, 1.807) is 0 Å². The van der Waals surface area contributed by atoms with E-state index in [9.17, 15) is 4.79 Å². The van der Waals surface area contributed by atoms with Crippen molar-refractivity contribution >= 4 is 5.91 Å². The highest BCUT2D eigenvalue weighted by molar-refractivity contribution is 5.76. The van der Waals surface area contributed by atoms with Crippen molar-refractivity contribution in [1.82, 2.24) is 20.1 Å². The summed E-state index contributed by atoms with van der Waals surface area (Å²) in [7, 11) is 0. The topological polar surface area (TPSA) is 85.8 Å². The van der Waals surface area contributed by atoms with Gasteiger partial charge < -0.3 is 15.6 Å². The maximum atomic E-state index is 12.0. The first-order chi connectivity index (χ1) is 9.15. The number of carbonyl (C=O) groups excluding carboxylic acids is 1. The number of nitrogens with one attached hydrogen (secondary N) is 1. The van der Waals surface area contributed by atoms with Crippen molar-refractivity contribution < 1.29 is 4.79 Å². The average Bonchev–Trinajstić information content (AvgIpc) is 2.97. The smallest absolute Gasteiger partial charge is 0.220 e. The molecule has 2 rings (SSSR count). The third-order valence-corrected chi connectivity index (χ3v) is 3.79. The lowest BCUT2D eigenvalue weighted by Crippen LogP contribution is -2.31. The molecule has 0 fully saturated rings. The first-order valence-corrected chi connectivity index (χ1v) is 7.07. The van der Waals surface area contributed by atoms with E-state index in [1.807, 2.05) is 6.92 Å². The molecule has 2 atom stereocenters. The van der Waals surface area contributed by atoms with Gasteiger partial charge in [0.25, 0.3) is 0 Å². The molecule has 0 saturated heterocycles. The lowest BCUT2D eigenvalue weighted by molar-refractivity contribution is -0.122. The summed E-state index contributed by atoms with van der Waals surface area (Å²) < 4.78 is 2.12. The summed E-state index contributed by atoms with van der Waals surface area (Å²) in [5.41, 5.74) is 5.62. The summed E-state index contributed by atoms with van der Waals surface area (Å²) in [6.45, 7) is 5.52. The van der Waals surface area contributed by atoms with Gasteiger partial charge in [0.2, 0.25) is 5.91 Å². The number of carbonyl (C=O) groups is 1. The van der Waals surface area contributed by atoms with Gasteiger partial charge in [0.15, 0.2) is 5.82 Å². The summed E-state index contributed by atoms with van der Waals surface area (Å²) >= 11 is 0. The van der Waals surface area contributed by atoms with Crippen LogP contribution in [0.1, 0.15) is 50.8 Å². The van der Waals surface area contributed by atoms with Gasteiger partial charge in [-0.05, 0) is 25.8 Å². The van der Waals surface area contributed by atoms with Gasteiger partial charge in [-0.25, -0.2) is 0 Å². The number of hydrogen-bond acceptors (Lipinski definition) is 4. The Balaban J connectivity index is 1.93. The fourth-order valence-corrected chi connectivity index (χ4v) is 2.51. The number of fused-ring (bicyclic) bond motifs is 1. The van der Waals surface area contributed by atoms with Gasteiger partial charge in [-0.3, -0.25) is 4.79 Å². The average molecular weight is 265 g/mol. The van der Waals surface area contributed by atoms with Gasteiger partial charge in [-0.15, -0.1) is 10.2 Å². The van der Waals surface area contributed by atoms with Crippen molar-refractivity contribution in [3.8, 4) is 0 Å². The largest absolute Gasteiger partial charge is 0.346 e. The van der Waals surface area contributed by atoms with Crippen LogP contribution in [0.5, 0.6) is 0 Å². The molecule has 6 heteroatoms. The molecule has 1 aromatic heterocycles. The molecule has 1 aliphatic heterocycles. The number of nitrogens with two attached hydrogens (primary N) is 1. The van der Waals surface area contributed by atoms with Crippen LogP contribution in [0.15, 0.2) is 0 Å². The van der Waals surface area contributed by atoms with Gasteiger partial charge in [-0.2, -0.15) is 0 Å². The first kappa shape index (κ1) is 14.0. The number of nitrogens with zero attached hydrogens (tertiary/aromatic N) is 3. The molecule has 106 valence electrons. The fraction of sp³-hybridized carbons (Fsp3) is 0.769. The molecule has 0 saturated carbocycles. The van der Waals surface area contributed by atoms with Crippen molar-refractivity contribution in [3.63, 3.8) is 0 Å². The lowest BCUT2D eigenvalue weighted by atomic mass is 10.0. The van der Waals surface area contributed by atoms with E-state index in [4.69, 9.17) is 5.73 Å². The number of amides is 1. The second kappa shape index (κ2) is 6.14. The van der Waals surface area contributed by atoms with Crippen molar-refractivity contribution in [2.45, 2.75) is 52.1 Å². The number of hydrogen-bond donors (Lipinski definition) is 2. The summed E-state index contributed by atoms with van der Waals surface area (Å²) in [5, 5.41) is 11.3. The van der Waals surface area contributed by atoms with E-state index in [2.05, 4.69) is 27.0 Å². The second-order valence-electron chi connectivity index (χ2n) is 5.23. The molecule has 19 heavy (non-hydrogen) atoms. The van der Waals surface area contributed by atoms with E-state index in [0.717, 1.165) is 37.5 Å². The van der Waals surface area contributed by atoms with Crippen LogP contribution in [0.4, 0.5) is 0 Å².